The van der Waals surface area contributed by atoms with Gasteiger partial charge < -0.3 is 20.5 Å². The zero-order chi connectivity index (χ0) is 19.3. The van der Waals surface area contributed by atoms with E-state index in [-0.39, 0.29) is 12.0 Å². The number of likely N-dealkylation sites (tertiary alicyclic amines) is 1. The van der Waals surface area contributed by atoms with E-state index < -0.39 is 0 Å². The number of fused-ring (bicyclic) bond motifs is 1. The lowest BCUT2D eigenvalue weighted by molar-refractivity contribution is -0.122. The molecule has 4 rings (SSSR count). The summed E-state index contributed by atoms with van der Waals surface area (Å²) in [5, 5.41) is 2.98. The lowest BCUT2D eigenvalue weighted by Gasteiger charge is -2.26. The first kappa shape index (κ1) is 18.8. The Hall–Kier alpha value is -2.57. The number of benzene rings is 2. The summed E-state index contributed by atoms with van der Waals surface area (Å²) in [5.41, 5.74) is 7.29. The molecule has 3 N–H and O–H groups in total. The molecule has 0 radical (unpaired) electrons. The van der Waals surface area contributed by atoms with Crippen molar-refractivity contribution in [1.82, 2.24) is 10.2 Å². The topological polar surface area (TPSA) is 76.8 Å². The van der Waals surface area contributed by atoms with Crippen LogP contribution in [0, 0.1) is 5.92 Å². The van der Waals surface area contributed by atoms with Crippen molar-refractivity contribution in [2.75, 3.05) is 39.3 Å². The predicted molar refractivity (Wildman–Crippen MR) is 108 cm³/mol. The summed E-state index contributed by atoms with van der Waals surface area (Å²) in [6.45, 7) is 3.58. The van der Waals surface area contributed by atoms with Gasteiger partial charge in [0.2, 0.25) is 5.91 Å². The molecule has 6 heteroatoms. The van der Waals surface area contributed by atoms with E-state index in [1.165, 1.54) is 5.56 Å². The summed E-state index contributed by atoms with van der Waals surface area (Å²) in [5.74, 6) is 2.24. The standard InChI is InChI=1S/C22H27N3O3/c23-10-17-12-25(13-19(17)16-6-2-1-3-7-16)14-22(26)24-11-18-15-27-20-8-4-5-9-21(20)28-18/h1-9,17-19H,10-15,23H2,(H,24,26)/t17-,18?,19+/m1/s1. The van der Waals surface area contributed by atoms with Crippen molar-refractivity contribution in [3.8, 4) is 11.5 Å². The third-order valence-electron chi connectivity index (χ3n) is 5.51. The minimum atomic E-state index is -0.175. The number of carbonyl (C=O) groups excluding carboxylic acids is 1. The zero-order valence-corrected chi connectivity index (χ0v) is 15.9. The number of hydrogen-bond acceptors (Lipinski definition) is 5. The Labute approximate surface area is 165 Å². The fraction of sp³-hybridized carbons (Fsp3) is 0.409. The Morgan fingerprint density at radius 1 is 1.07 bits per heavy atom. The van der Waals surface area contributed by atoms with E-state index in [0.29, 0.717) is 38.1 Å². The molecule has 3 atom stereocenters. The molecule has 1 amide bonds. The molecule has 1 fully saturated rings. The van der Waals surface area contributed by atoms with E-state index in [1.54, 1.807) is 0 Å². The molecule has 2 aromatic rings. The van der Waals surface area contributed by atoms with Crippen LogP contribution in [0.25, 0.3) is 0 Å². The molecular weight excluding hydrogens is 354 g/mol. The van der Waals surface area contributed by atoms with Crippen LogP contribution in [0.15, 0.2) is 54.6 Å². The molecule has 2 heterocycles. The molecule has 0 spiro atoms. The van der Waals surface area contributed by atoms with Gasteiger partial charge in [-0.05, 0) is 30.2 Å². The van der Waals surface area contributed by atoms with Gasteiger partial charge in [0.05, 0.1) is 13.1 Å². The van der Waals surface area contributed by atoms with Gasteiger partial charge in [0.25, 0.3) is 0 Å². The Balaban J connectivity index is 1.26. The summed E-state index contributed by atoms with van der Waals surface area (Å²) >= 11 is 0. The van der Waals surface area contributed by atoms with Crippen molar-refractivity contribution >= 4 is 5.91 Å². The highest BCUT2D eigenvalue weighted by atomic mass is 16.6. The van der Waals surface area contributed by atoms with E-state index in [9.17, 15) is 4.79 Å². The molecule has 0 aromatic heterocycles. The fourth-order valence-electron chi connectivity index (χ4n) is 4.06. The predicted octanol–water partition coefficient (Wildman–Crippen LogP) is 1.62. The van der Waals surface area contributed by atoms with Crippen LogP contribution in [0.2, 0.25) is 0 Å². The molecule has 6 nitrogen and oxygen atoms in total. The lowest BCUT2D eigenvalue weighted by Crippen LogP contribution is -2.44. The van der Waals surface area contributed by atoms with Crippen molar-refractivity contribution < 1.29 is 14.3 Å². The average molecular weight is 381 g/mol. The van der Waals surface area contributed by atoms with Crippen LogP contribution in [0.3, 0.4) is 0 Å². The van der Waals surface area contributed by atoms with Gasteiger partial charge >= 0.3 is 0 Å². The van der Waals surface area contributed by atoms with E-state index in [2.05, 4.69) is 34.5 Å². The second kappa shape index (κ2) is 8.63. The number of rotatable bonds is 6. The Morgan fingerprint density at radius 3 is 2.61 bits per heavy atom. The molecule has 0 aliphatic carbocycles. The first-order valence-electron chi connectivity index (χ1n) is 9.85. The van der Waals surface area contributed by atoms with Crippen LogP contribution in [0.4, 0.5) is 0 Å². The first-order valence-corrected chi connectivity index (χ1v) is 9.85. The Kier molecular flexibility index (Phi) is 5.78. The van der Waals surface area contributed by atoms with E-state index >= 15 is 0 Å². The van der Waals surface area contributed by atoms with Crippen LogP contribution in [0.5, 0.6) is 11.5 Å². The quantitative estimate of drug-likeness (QED) is 0.795. The van der Waals surface area contributed by atoms with Gasteiger partial charge in [0.15, 0.2) is 11.5 Å². The highest BCUT2D eigenvalue weighted by Crippen LogP contribution is 2.32. The van der Waals surface area contributed by atoms with Gasteiger partial charge in [0, 0.05) is 19.0 Å². The summed E-state index contributed by atoms with van der Waals surface area (Å²) in [7, 11) is 0. The van der Waals surface area contributed by atoms with Gasteiger partial charge in [-0.15, -0.1) is 0 Å². The third-order valence-corrected chi connectivity index (χ3v) is 5.51. The van der Waals surface area contributed by atoms with Gasteiger partial charge in [0.1, 0.15) is 12.7 Å². The molecule has 0 bridgehead atoms. The zero-order valence-electron chi connectivity index (χ0n) is 15.9. The molecule has 2 aliphatic heterocycles. The van der Waals surface area contributed by atoms with E-state index in [0.717, 1.165) is 24.6 Å². The molecular formula is C22H27N3O3. The largest absolute Gasteiger partial charge is 0.486 e. The summed E-state index contributed by atoms with van der Waals surface area (Å²) in [6.07, 6.45) is -0.175. The first-order chi connectivity index (χ1) is 13.7. The summed E-state index contributed by atoms with van der Waals surface area (Å²) < 4.78 is 11.6. The van der Waals surface area contributed by atoms with Gasteiger partial charge in [-0.25, -0.2) is 0 Å². The van der Waals surface area contributed by atoms with Crippen LogP contribution >= 0.6 is 0 Å². The van der Waals surface area contributed by atoms with Crippen molar-refractivity contribution in [2.45, 2.75) is 12.0 Å². The van der Waals surface area contributed by atoms with Gasteiger partial charge in [-0.2, -0.15) is 0 Å². The second-order valence-corrected chi connectivity index (χ2v) is 7.51. The van der Waals surface area contributed by atoms with Crippen LogP contribution < -0.4 is 20.5 Å². The summed E-state index contributed by atoms with van der Waals surface area (Å²) in [4.78, 5) is 14.6. The Morgan fingerprint density at radius 2 is 1.82 bits per heavy atom. The van der Waals surface area contributed by atoms with Crippen molar-refractivity contribution in [2.24, 2.45) is 11.7 Å². The minimum absolute atomic E-state index is 0.00643. The average Bonchev–Trinajstić information content (AvgIpc) is 3.15. The molecule has 2 aromatic carbocycles. The number of hydrogen-bond donors (Lipinski definition) is 2. The van der Waals surface area contributed by atoms with Crippen molar-refractivity contribution in [3.05, 3.63) is 60.2 Å². The number of nitrogens with zero attached hydrogens (tertiary/aromatic N) is 1. The number of nitrogens with two attached hydrogens (primary N) is 1. The number of nitrogens with one attached hydrogen (secondary N) is 1. The monoisotopic (exact) mass is 381 g/mol. The van der Waals surface area contributed by atoms with Gasteiger partial charge in [-0.3, -0.25) is 9.69 Å². The maximum Gasteiger partial charge on any atom is 0.234 e. The smallest absolute Gasteiger partial charge is 0.234 e. The second-order valence-electron chi connectivity index (χ2n) is 7.51. The van der Waals surface area contributed by atoms with E-state index in [1.807, 2.05) is 30.3 Å². The molecule has 1 saturated heterocycles. The highest BCUT2D eigenvalue weighted by Gasteiger charge is 2.33. The SMILES string of the molecule is NC[C@@H]1CN(CC(=O)NCC2COc3ccccc3O2)C[C@H]1c1ccccc1. The fourth-order valence-corrected chi connectivity index (χ4v) is 4.06. The molecule has 0 saturated carbocycles. The lowest BCUT2D eigenvalue weighted by atomic mass is 9.89. The number of ether oxygens (including phenoxy) is 2. The number of para-hydroxylation sites is 2. The van der Waals surface area contributed by atoms with Crippen LogP contribution in [-0.2, 0) is 4.79 Å². The number of amides is 1. The maximum absolute atomic E-state index is 12.4. The minimum Gasteiger partial charge on any atom is -0.486 e. The molecule has 1 unspecified atom stereocenters. The summed E-state index contributed by atoms with van der Waals surface area (Å²) in [6, 6.07) is 18.0. The Bertz CT molecular complexity index is 799. The normalized spacial score (nSPS) is 24.1. The van der Waals surface area contributed by atoms with Crippen molar-refractivity contribution in [1.29, 1.82) is 0 Å². The van der Waals surface area contributed by atoms with E-state index in [4.69, 9.17) is 15.2 Å². The molecule has 28 heavy (non-hydrogen) atoms. The maximum atomic E-state index is 12.4. The van der Waals surface area contributed by atoms with Gasteiger partial charge in [-0.1, -0.05) is 42.5 Å². The van der Waals surface area contributed by atoms with Crippen molar-refractivity contribution in [3.63, 3.8) is 0 Å². The highest BCUT2D eigenvalue weighted by molar-refractivity contribution is 5.78. The van der Waals surface area contributed by atoms with Crippen LogP contribution in [-0.4, -0.2) is 56.2 Å². The van der Waals surface area contributed by atoms with Crippen LogP contribution in [0.1, 0.15) is 11.5 Å². The molecule has 148 valence electrons. The number of carbonyl (C=O) groups is 1. The molecule has 2 aliphatic rings. The third kappa shape index (κ3) is 4.29.